The van der Waals surface area contributed by atoms with Crippen molar-refractivity contribution in [2.45, 2.75) is 38.2 Å². The van der Waals surface area contributed by atoms with Crippen LogP contribution in [0, 0.1) is 0 Å². The van der Waals surface area contributed by atoms with Gasteiger partial charge in [0.25, 0.3) is 0 Å². The van der Waals surface area contributed by atoms with Gasteiger partial charge in [-0.2, -0.15) is 0 Å². The molecular formula is C29H25NO. The fourth-order valence-electron chi connectivity index (χ4n) is 5.10. The van der Waals surface area contributed by atoms with Crippen molar-refractivity contribution in [1.82, 2.24) is 0 Å². The molecule has 2 aliphatic rings. The van der Waals surface area contributed by atoms with E-state index in [1.54, 1.807) is 0 Å². The molecule has 2 atom stereocenters. The summed E-state index contributed by atoms with van der Waals surface area (Å²) in [5, 5.41) is 2.57. The van der Waals surface area contributed by atoms with Gasteiger partial charge in [-0.1, -0.05) is 81.4 Å². The molecule has 0 aromatic heterocycles. The van der Waals surface area contributed by atoms with E-state index in [4.69, 9.17) is 9.73 Å². The Labute approximate surface area is 183 Å². The Balaban J connectivity index is 1.64. The molecule has 0 amide bonds. The van der Waals surface area contributed by atoms with Crippen LogP contribution in [0.4, 0.5) is 5.69 Å². The smallest absolute Gasteiger partial charge is 0.138 e. The SMILES string of the molecule is CC(C)(C)c1cc(C2=Nc3ccccc3C3Oc4ccccc4C23)cc2ccccc12. The number of hydrogen-bond donors (Lipinski definition) is 0. The van der Waals surface area contributed by atoms with Gasteiger partial charge in [-0.15, -0.1) is 0 Å². The molecule has 0 N–H and O–H groups in total. The molecule has 0 saturated carbocycles. The summed E-state index contributed by atoms with van der Waals surface area (Å²) < 4.78 is 6.49. The normalized spacial score (nSPS) is 19.3. The number of nitrogens with zero attached hydrogens (tertiary/aromatic N) is 1. The Morgan fingerprint density at radius 1 is 0.774 bits per heavy atom. The molecule has 4 aromatic carbocycles. The van der Waals surface area contributed by atoms with Crippen molar-refractivity contribution >= 4 is 22.2 Å². The van der Waals surface area contributed by atoms with Crippen molar-refractivity contribution in [2.75, 3.05) is 0 Å². The first-order chi connectivity index (χ1) is 15.0. The van der Waals surface area contributed by atoms with Crippen LogP contribution in [0.25, 0.3) is 10.8 Å². The van der Waals surface area contributed by atoms with Gasteiger partial charge < -0.3 is 4.74 Å². The maximum atomic E-state index is 6.49. The molecule has 2 aliphatic heterocycles. The monoisotopic (exact) mass is 403 g/mol. The van der Waals surface area contributed by atoms with E-state index in [1.165, 1.54) is 33.0 Å². The molecule has 0 spiro atoms. The van der Waals surface area contributed by atoms with Crippen LogP contribution in [0.1, 0.15) is 55.0 Å². The van der Waals surface area contributed by atoms with Gasteiger partial charge in [0.1, 0.15) is 11.9 Å². The Morgan fingerprint density at radius 2 is 1.48 bits per heavy atom. The molecule has 4 aromatic rings. The summed E-state index contributed by atoms with van der Waals surface area (Å²) in [6.45, 7) is 6.86. The van der Waals surface area contributed by atoms with E-state index in [2.05, 4.69) is 99.6 Å². The van der Waals surface area contributed by atoms with E-state index in [1.807, 2.05) is 6.07 Å². The van der Waals surface area contributed by atoms with Crippen molar-refractivity contribution < 1.29 is 4.74 Å². The number of para-hydroxylation sites is 2. The van der Waals surface area contributed by atoms with Crippen LogP contribution in [-0.4, -0.2) is 5.71 Å². The van der Waals surface area contributed by atoms with Crippen LogP contribution < -0.4 is 4.74 Å². The van der Waals surface area contributed by atoms with Crippen LogP contribution in [0.15, 0.2) is 89.9 Å². The Hall–Kier alpha value is -3.39. The fourth-order valence-corrected chi connectivity index (χ4v) is 5.10. The number of fused-ring (bicyclic) bond motifs is 6. The quantitative estimate of drug-likeness (QED) is 0.323. The molecule has 0 fully saturated rings. The second-order valence-electron chi connectivity index (χ2n) is 9.60. The molecule has 0 aliphatic carbocycles. The second-order valence-corrected chi connectivity index (χ2v) is 9.60. The van der Waals surface area contributed by atoms with Crippen molar-refractivity contribution in [2.24, 2.45) is 4.99 Å². The molecule has 0 saturated heterocycles. The predicted molar refractivity (Wildman–Crippen MR) is 128 cm³/mol. The summed E-state index contributed by atoms with van der Waals surface area (Å²) in [6.07, 6.45) is -0.0364. The first kappa shape index (κ1) is 18.4. The lowest BCUT2D eigenvalue weighted by Crippen LogP contribution is -2.24. The first-order valence-corrected chi connectivity index (χ1v) is 11.0. The lowest BCUT2D eigenvalue weighted by atomic mass is 9.78. The first-order valence-electron chi connectivity index (χ1n) is 11.0. The summed E-state index contributed by atoms with van der Waals surface area (Å²) in [7, 11) is 0. The summed E-state index contributed by atoms with van der Waals surface area (Å²) in [5.41, 5.74) is 7.09. The molecule has 2 unspecified atom stereocenters. The van der Waals surface area contributed by atoms with E-state index in [-0.39, 0.29) is 17.4 Å². The molecule has 0 bridgehead atoms. The number of ether oxygens (including phenoxy) is 1. The van der Waals surface area contributed by atoms with Gasteiger partial charge in [-0.25, -0.2) is 0 Å². The van der Waals surface area contributed by atoms with Gasteiger partial charge in [0.05, 0.1) is 17.3 Å². The third-order valence-corrected chi connectivity index (χ3v) is 6.56. The highest BCUT2D eigenvalue weighted by atomic mass is 16.5. The maximum absolute atomic E-state index is 6.49. The average molecular weight is 404 g/mol. The molecule has 2 nitrogen and oxygen atoms in total. The van der Waals surface area contributed by atoms with Crippen LogP contribution >= 0.6 is 0 Å². The largest absolute Gasteiger partial charge is 0.484 e. The van der Waals surface area contributed by atoms with Crippen LogP contribution in [0.3, 0.4) is 0 Å². The number of hydrogen-bond acceptors (Lipinski definition) is 2. The van der Waals surface area contributed by atoms with Gasteiger partial charge in [0.15, 0.2) is 0 Å². The van der Waals surface area contributed by atoms with Crippen molar-refractivity contribution in [3.63, 3.8) is 0 Å². The highest BCUT2D eigenvalue weighted by Gasteiger charge is 2.42. The van der Waals surface area contributed by atoms with Crippen molar-refractivity contribution in [3.8, 4) is 5.75 Å². The van der Waals surface area contributed by atoms with Gasteiger partial charge in [0.2, 0.25) is 0 Å². The molecular weight excluding hydrogens is 378 g/mol. The van der Waals surface area contributed by atoms with E-state index in [0.717, 1.165) is 17.1 Å². The minimum absolute atomic E-state index is 0.0340. The summed E-state index contributed by atoms with van der Waals surface area (Å²) in [5.74, 6) is 1.07. The third-order valence-electron chi connectivity index (χ3n) is 6.56. The van der Waals surface area contributed by atoms with Crippen molar-refractivity contribution in [1.29, 1.82) is 0 Å². The number of aliphatic imine (C=N–C) groups is 1. The second kappa shape index (κ2) is 6.55. The Bertz CT molecular complexity index is 1360. The third kappa shape index (κ3) is 2.82. The topological polar surface area (TPSA) is 21.6 Å². The van der Waals surface area contributed by atoms with E-state index < -0.39 is 0 Å². The minimum Gasteiger partial charge on any atom is -0.484 e. The van der Waals surface area contributed by atoms with Gasteiger partial charge in [-0.05, 0) is 51.6 Å². The molecule has 6 rings (SSSR count). The van der Waals surface area contributed by atoms with Crippen molar-refractivity contribution in [3.05, 3.63) is 107 Å². The van der Waals surface area contributed by atoms with E-state index in [9.17, 15) is 0 Å². The molecule has 2 heteroatoms. The lowest BCUT2D eigenvalue weighted by molar-refractivity contribution is 0.229. The van der Waals surface area contributed by atoms with Gasteiger partial charge in [0, 0.05) is 11.1 Å². The molecule has 31 heavy (non-hydrogen) atoms. The predicted octanol–water partition coefficient (Wildman–Crippen LogP) is 7.49. The number of rotatable bonds is 1. The van der Waals surface area contributed by atoms with Gasteiger partial charge >= 0.3 is 0 Å². The highest BCUT2D eigenvalue weighted by Crippen LogP contribution is 2.52. The van der Waals surface area contributed by atoms with E-state index >= 15 is 0 Å². The zero-order chi connectivity index (χ0) is 21.2. The zero-order valence-corrected chi connectivity index (χ0v) is 18.1. The zero-order valence-electron chi connectivity index (χ0n) is 18.1. The van der Waals surface area contributed by atoms with Crippen LogP contribution in [-0.2, 0) is 5.41 Å². The van der Waals surface area contributed by atoms with Gasteiger partial charge in [-0.3, -0.25) is 4.99 Å². The summed E-state index contributed by atoms with van der Waals surface area (Å²) in [6, 6.07) is 30.2. The Kier molecular flexibility index (Phi) is 3.89. The summed E-state index contributed by atoms with van der Waals surface area (Å²) in [4.78, 5) is 5.22. The molecule has 0 radical (unpaired) electrons. The van der Waals surface area contributed by atoms with Crippen LogP contribution in [0.5, 0.6) is 5.75 Å². The number of benzene rings is 4. The Morgan fingerprint density at radius 3 is 2.32 bits per heavy atom. The average Bonchev–Trinajstić information content (AvgIpc) is 3.17. The lowest BCUT2D eigenvalue weighted by Gasteiger charge is -2.29. The molecule has 2 heterocycles. The molecule has 152 valence electrons. The fraction of sp³-hybridized carbons (Fsp3) is 0.207. The standard InChI is InChI=1S/C29H25NO/c1-29(2,3)23-17-19(16-18-10-4-5-11-20(18)23)27-26-22-13-7-9-15-25(22)31-28(26)21-12-6-8-14-24(21)30-27/h4-17,26,28H,1-3H3. The summed E-state index contributed by atoms with van der Waals surface area (Å²) >= 11 is 0. The van der Waals surface area contributed by atoms with E-state index in [0.29, 0.717) is 0 Å². The minimum atomic E-state index is -0.0364. The van der Waals surface area contributed by atoms with Crippen LogP contribution in [0.2, 0.25) is 0 Å². The maximum Gasteiger partial charge on any atom is 0.138 e. The highest BCUT2D eigenvalue weighted by molar-refractivity contribution is 6.11.